The van der Waals surface area contributed by atoms with Crippen LogP contribution in [-0.4, -0.2) is 5.91 Å². The minimum absolute atomic E-state index is 0.0366. The number of benzene rings is 1. The fourth-order valence-electron chi connectivity index (χ4n) is 1.51. The second-order valence-electron chi connectivity index (χ2n) is 3.76. The standard InChI is InChI=1S/C13H12BrNO2/c1-9(10-2-4-12(14)5-3-10)15-13(16)11-6-7-17-8-11/h2-9H,1H3,(H,15,16). The number of hydrogen-bond donors (Lipinski definition) is 1. The number of carbonyl (C=O) groups excluding carboxylic acids is 1. The Morgan fingerprint density at radius 3 is 2.59 bits per heavy atom. The predicted molar refractivity (Wildman–Crippen MR) is 68.7 cm³/mol. The summed E-state index contributed by atoms with van der Waals surface area (Å²) in [5.41, 5.74) is 1.60. The number of hydrogen-bond acceptors (Lipinski definition) is 2. The quantitative estimate of drug-likeness (QED) is 0.941. The summed E-state index contributed by atoms with van der Waals surface area (Å²) in [5.74, 6) is -0.130. The van der Waals surface area contributed by atoms with Crippen LogP contribution in [0.5, 0.6) is 0 Å². The molecular weight excluding hydrogens is 282 g/mol. The summed E-state index contributed by atoms with van der Waals surface area (Å²) >= 11 is 3.38. The number of nitrogens with one attached hydrogen (secondary N) is 1. The average Bonchev–Trinajstić information content (AvgIpc) is 2.83. The van der Waals surface area contributed by atoms with Gasteiger partial charge in [0.05, 0.1) is 17.9 Å². The lowest BCUT2D eigenvalue weighted by molar-refractivity contribution is 0.0939. The minimum atomic E-state index is -0.130. The van der Waals surface area contributed by atoms with Crippen molar-refractivity contribution in [1.29, 1.82) is 0 Å². The van der Waals surface area contributed by atoms with Gasteiger partial charge in [-0.2, -0.15) is 0 Å². The van der Waals surface area contributed by atoms with E-state index in [1.54, 1.807) is 6.07 Å². The normalized spacial score (nSPS) is 12.1. The fraction of sp³-hybridized carbons (Fsp3) is 0.154. The zero-order chi connectivity index (χ0) is 12.3. The van der Waals surface area contributed by atoms with E-state index >= 15 is 0 Å². The number of rotatable bonds is 3. The van der Waals surface area contributed by atoms with Crippen molar-refractivity contribution in [2.75, 3.05) is 0 Å². The van der Waals surface area contributed by atoms with E-state index in [4.69, 9.17) is 4.42 Å². The molecule has 1 amide bonds. The van der Waals surface area contributed by atoms with Gasteiger partial charge in [-0.1, -0.05) is 28.1 Å². The van der Waals surface area contributed by atoms with Crippen LogP contribution in [-0.2, 0) is 0 Å². The van der Waals surface area contributed by atoms with E-state index in [1.165, 1.54) is 12.5 Å². The van der Waals surface area contributed by atoms with Crippen molar-refractivity contribution in [3.8, 4) is 0 Å². The first-order valence-electron chi connectivity index (χ1n) is 5.25. The predicted octanol–water partition coefficient (Wildman–Crippen LogP) is 3.53. The molecule has 0 fully saturated rings. The van der Waals surface area contributed by atoms with Gasteiger partial charge in [0.2, 0.25) is 0 Å². The highest BCUT2D eigenvalue weighted by Crippen LogP contribution is 2.17. The molecule has 0 aliphatic carbocycles. The first-order valence-corrected chi connectivity index (χ1v) is 6.04. The van der Waals surface area contributed by atoms with Gasteiger partial charge in [-0.25, -0.2) is 0 Å². The lowest BCUT2D eigenvalue weighted by Crippen LogP contribution is -2.26. The lowest BCUT2D eigenvalue weighted by atomic mass is 10.1. The number of carbonyl (C=O) groups is 1. The van der Waals surface area contributed by atoms with Gasteiger partial charge in [-0.15, -0.1) is 0 Å². The Balaban J connectivity index is 2.04. The molecule has 1 N–H and O–H groups in total. The molecule has 1 aromatic heterocycles. The van der Waals surface area contributed by atoms with E-state index in [2.05, 4.69) is 21.2 Å². The van der Waals surface area contributed by atoms with Crippen molar-refractivity contribution in [2.45, 2.75) is 13.0 Å². The molecular formula is C13H12BrNO2. The molecule has 17 heavy (non-hydrogen) atoms. The first kappa shape index (κ1) is 11.9. The van der Waals surface area contributed by atoms with Crippen LogP contribution in [0.25, 0.3) is 0 Å². The second kappa shape index (κ2) is 5.19. The van der Waals surface area contributed by atoms with E-state index in [0.717, 1.165) is 10.0 Å². The van der Waals surface area contributed by atoms with E-state index in [9.17, 15) is 4.79 Å². The van der Waals surface area contributed by atoms with Crippen molar-refractivity contribution in [2.24, 2.45) is 0 Å². The molecule has 0 radical (unpaired) electrons. The van der Waals surface area contributed by atoms with Crippen LogP contribution >= 0.6 is 15.9 Å². The molecule has 0 saturated heterocycles. The molecule has 1 atom stereocenters. The van der Waals surface area contributed by atoms with Crippen LogP contribution < -0.4 is 5.32 Å². The summed E-state index contributed by atoms with van der Waals surface area (Å²) in [6.07, 6.45) is 2.92. The Hall–Kier alpha value is -1.55. The van der Waals surface area contributed by atoms with Crippen LogP contribution in [0.2, 0.25) is 0 Å². The van der Waals surface area contributed by atoms with Crippen molar-refractivity contribution in [3.63, 3.8) is 0 Å². The highest BCUT2D eigenvalue weighted by molar-refractivity contribution is 9.10. The molecule has 0 bridgehead atoms. The van der Waals surface area contributed by atoms with Gasteiger partial charge in [-0.05, 0) is 30.7 Å². The maximum atomic E-state index is 11.8. The Morgan fingerprint density at radius 1 is 1.29 bits per heavy atom. The second-order valence-corrected chi connectivity index (χ2v) is 4.67. The summed E-state index contributed by atoms with van der Waals surface area (Å²) in [7, 11) is 0. The van der Waals surface area contributed by atoms with E-state index in [0.29, 0.717) is 5.56 Å². The summed E-state index contributed by atoms with van der Waals surface area (Å²) in [6, 6.07) is 9.47. The number of halogens is 1. The van der Waals surface area contributed by atoms with Crippen LogP contribution in [0, 0.1) is 0 Å². The number of amides is 1. The Kier molecular flexibility index (Phi) is 3.64. The van der Waals surface area contributed by atoms with E-state index in [-0.39, 0.29) is 11.9 Å². The molecule has 1 heterocycles. The highest BCUT2D eigenvalue weighted by atomic mass is 79.9. The van der Waals surface area contributed by atoms with Crippen molar-refractivity contribution in [3.05, 3.63) is 58.5 Å². The Bertz CT molecular complexity index is 491. The largest absolute Gasteiger partial charge is 0.472 e. The fourth-order valence-corrected chi connectivity index (χ4v) is 1.77. The van der Waals surface area contributed by atoms with Crippen LogP contribution in [0.15, 0.2) is 51.7 Å². The van der Waals surface area contributed by atoms with Crippen molar-refractivity contribution in [1.82, 2.24) is 5.32 Å². The van der Waals surface area contributed by atoms with Crippen LogP contribution in [0.1, 0.15) is 28.9 Å². The summed E-state index contributed by atoms with van der Waals surface area (Å²) in [6.45, 7) is 1.95. The van der Waals surface area contributed by atoms with Gasteiger partial charge in [0.1, 0.15) is 6.26 Å². The van der Waals surface area contributed by atoms with Gasteiger partial charge in [-0.3, -0.25) is 4.79 Å². The zero-order valence-electron chi connectivity index (χ0n) is 9.31. The Morgan fingerprint density at radius 2 is 2.00 bits per heavy atom. The third-order valence-corrected chi connectivity index (χ3v) is 3.03. The van der Waals surface area contributed by atoms with Gasteiger partial charge in [0.15, 0.2) is 0 Å². The van der Waals surface area contributed by atoms with Gasteiger partial charge < -0.3 is 9.73 Å². The smallest absolute Gasteiger partial charge is 0.255 e. The summed E-state index contributed by atoms with van der Waals surface area (Å²) in [4.78, 5) is 11.8. The summed E-state index contributed by atoms with van der Waals surface area (Å²) < 4.78 is 5.89. The molecule has 2 aromatic rings. The SMILES string of the molecule is CC(NC(=O)c1ccoc1)c1ccc(Br)cc1. The molecule has 0 aliphatic heterocycles. The zero-order valence-corrected chi connectivity index (χ0v) is 10.9. The molecule has 2 rings (SSSR count). The van der Waals surface area contributed by atoms with E-state index < -0.39 is 0 Å². The maximum absolute atomic E-state index is 11.8. The third-order valence-electron chi connectivity index (χ3n) is 2.50. The topological polar surface area (TPSA) is 42.2 Å². The van der Waals surface area contributed by atoms with Gasteiger partial charge in [0.25, 0.3) is 5.91 Å². The van der Waals surface area contributed by atoms with Gasteiger partial charge in [0, 0.05) is 4.47 Å². The van der Waals surface area contributed by atoms with Crippen molar-refractivity contribution >= 4 is 21.8 Å². The van der Waals surface area contributed by atoms with Crippen LogP contribution in [0.3, 0.4) is 0 Å². The molecule has 3 nitrogen and oxygen atoms in total. The first-order chi connectivity index (χ1) is 8.16. The van der Waals surface area contributed by atoms with Crippen molar-refractivity contribution < 1.29 is 9.21 Å². The maximum Gasteiger partial charge on any atom is 0.255 e. The lowest BCUT2D eigenvalue weighted by Gasteiger charge is -2.13. The average molecular weight is 294 g/mol. The molecule has 1 aromatic carbocycles. The minimum Gasteiger partial charge on any atom is -0.472 e. The molecule has 88 valence electrons. The molecule has 0 aliphatic rings. The van der Waals surface area contributed by atoms with E-state index in [1.807, 2.05) is 31.2 Å². The molecule has 0 saturated carbocycles. The third kappa shape index (κ3) is 2.97. The molecule has 1 unspecified atom stereocenters. The molecule has 4 heteroatoms. The molecule has 0 spiro atoms. The Labute approximate surface area is 108 Å². The van der Waals surface area contributed by atoms with Gasteiger partial charge >= 0.3 is 0 Å². The highest BCUT2D eigenvalue weighted by Gasteiger charge is 2.11. The monoisotopic (exact) mass is 293 g/mol. The van der Waals surface area contributed by atoms with Crippen LogP contribution in [0.4, 0.5) is 0 Å². The number of furan rings is 1. The summed E-state index contributed by atoms with van der Waals surface area (Å²) in [5, 5.41) is 2.90.